The van der Waals surface area contributed by atoms with Crippen LogP contribution in [-0.4, -0.2) is 20.8 Å². The van der Waals surface area contributed by atoms with Crippen LogP contribution < -0.4 is 14.8 Å². The summed E-state index contributed by atoms with van der Waals surface area (Å²) in [6, 6.07) is 16.9. The second-order valence-electron chi connectivity index (χ2n) is 5.42. The molecule has 0 amide bonds. The number of methoxy groups -OCH3 is 1. The number of hydrogen-bond acceptors (Lipinski definition) is 3. The van der Waals surface area contributed by atoms with E-state index in [1.54, 1.807) is 7.11 Å². The third-order valence-electron chi connectivity index (χ3n) is 4.16. The smallest absolute Gasteiger partial charge is 0.122 e. The predicted octanol–water partition coefficient (Wildman–Crippen LogP) is 3.21. The van der Waals surface area contributed by atoms with E-state index < -0.39 is 0 Å². The zero-order valence-electron chi connectivity index (χ0n) is 12.5. The quantitative estimate of drug-likeness (QED) is 0.934. The molecular formula is C18H21NO2. The highest BCUT2D eigenvalue weighted by Crippen LogP contribution is 2.33. The number of hydrogen-bond donors (Lipinski definition) is 1. The molecule has 2 atom stereocenters. The van der Waals surface area contributed by atoms with Crippen LogP contribution in [-0.2, 0) is 6.42 Å². The number of benzene rings is 2. The molecule has 0 spiro atoms. The number of nitrogens with one attached hydrogen (secondary N) is 1. The van der Waals surface area contributed by atoms with Gasteiger partial charge in [-0.15, -0.1) is 0 Å². The van der Waals surface area contributed by atoms with Crippen LogP contribution in [0.1, 0.15) is 17.2 Å². The Hall–Kier alpha value is -2.00. The second kappa shape index (κ2) is 6.19. The van der Waals surface area contributed by atoms with Crippen molar-refractivity contribution in [2.75, 3.05) is 20.8 Å². The normalized spacial score (nSPS) is 18.5. The summed E-state index contributed by atoms with van der Waals surface area (Å²) in [4.78, 5) is 0. The topological polar surface area (TPSA) is 30.5 Å². The molecule has 110 valence electrons. The molecule has 0 aromatic heterocycles. The third kappa shape index (κ3) is 2.88. The summed E-state index contributed by atoms with van der Waals surface area (Å²) in [5.41, 5.74) is 2.56. The summed E-state index contributed by atoms with van der Waals surface area (Å²) in [6.45, 7) is 0.745. The Morgan fingerprint density at radius 1 is 1.14 bits per heavy atom. The molecule has 0 bridgehead atoms. The van der Waals surface area contributed by atoms with E-state index in [0.29, 0.717) is 5.92 Å². The molecule has 0 fully saturated rings. The van der Waals surface area contributed by atoms with Crippen molar-refractivity contribution in [1.29, 1.82) is 0 Å². The molecule has 3 nitrogen and oxygen atoms in total. The fourth-order valence-corrected chi connectivity index (χ4v) is 3.05. The van der Waals surface area contributed by atoms with Crippen LogP contribution >= 0.6 is 0 Å². The number of para-hydroxylation sites is 1. The first kappa shape index (κ1) is 14.0. The van der Waals surface area contributed by atoms with Gasteiger partial charge in [-0.1, -0.05) is 30.3 Å². The monoisotopic (exact) mass is 283 g/mol. The lowest BCUT2D eigenvalue weighted by atomic mass is 9.86. The lowest BCUT2D eigenvalue weighted by Crippen LogP contribution is -2.33. The first-order valence-electron chi connectivity index (χ1n) is 7.33. The van der Waals surface area contributed by atoms with Crippen LogP contribution in [0.5, 0.6) is 11.5 Å². The minimum absolute atomic E-state index is 0.282. The van der Waals surface area contributed by atoms with Gasteiger partial charge in [0.2, 0.25) is 0 Å². The molecule has 3 heteroatoms. The molecule has 21 heavy (non-hydrogen) atoms. The van der Waals surface area contributed by atoms with Crippen molar-refractivity contribution < 1.29 is 9.47 Å². The Bertz CT molecular complexity index is 594. The summed E-state index contributed by atoms with van der Waals surface area (Å²) >= 11 is 0. The van der Waals surface area contributed by atoms with Gasteiger partial charge >= 0.3 is 0 Å². The Kier molecular flexibility index (Phi) is 4.11. The standard InChI is InChI=1S/C18H21NO2/c1-19-18(13-7-9-16(20-2)10-8-13)15-11-14-5-3-4-6-17(14)21-12-15/h3-10,15,18-19H,11-12H2,1-2H3. The Labute approximate surface area is 125 Å². The van der Waals surface area contributed by atoms with Crippen LogP contribution in [0.2, 0.25) is 0 Å². The number of fused-ring (bicyclic) bond motifs is 1. The van der Waals surface area contributed by atoms with E-state index in [9.17, 15) is 0 Å². The molecular weight excluding hydrogens is 262 g/mol. The first-order chi connectivity index (χ1) is 10.3. The van der Waals surface area contributed by atoms with Crippen molar-refractivity contribution in [2.24, 2.45) is 5.92 Å². The Morgan fingerprint density at radius 2 is 1.90 bits per heavy atom. The predicted molar refractivity (Wildman–Crippen MR) is 83.9 cm³/mol. The lowest BCUT2D eigenvalue weighted by Gasteiger charge is -2.32. The van der Waals surface area contributed by atoms with Gasteiger partial charge in [0.1, 0.15) is 11.5 Å². The van der Waals surface area contributed by atoms with E-state index in [1.807, 2.05) is 31.3 Å². The van der Waals surface area contributed by atoms with E-state index in [0.717, 1.165) is 24.5 Å². The third-order valence-corrected chi connectivity index (χ3v) is 4.16. The van der Waals surface area contributed by atoms with E-state index in [2.05, 4.69) is 29.6 Å². The Morgan fingerprint density at radius 3 is 2.62 bits per heavy atom. The van der Waals surface area contributed by atoms with Crippen LogP contribution in [0.4, 0.5) is 0 Å². The van der Waals surface area contributed by atoms with Crippen molar-refractivity contribution in [1.82, 2.24) is 5.32 Å². The maximum Gasteiger partial charge on any atom is 0.122 e. The zero-order valence-corrected chi connectivity index (χ0v) is 12.5. The summed E-state index contributed by atoms with van der Waals surface area (Å²) < 4.78 is 11.1. The average Bonchev–Trinajstić information content (AvgIpc) is 2.56. The SMILES string of the molecule is CNC(c1ccc(OC)cc1)C1COc2ccccc2C1. The van der Waals surface area contributed by atoms with Gasteiger partial charge in [0, 0.05) is 12.0 Å². The van der Waals surface area contributed by atoms with E-state index >= 15 is 0 Å². The van der Waals surface area contributed by atoms with Gasteiger partial charge in [-0.05, 0) is 42.8 Å². The van der Waals surface area contributed by atoms with Crippen molar-refractivity contribution in [3.8, 4) is 11.5 Å². The molecule has 1 heterocycles. The van der Waals surface area contributed by atoms with E-state index in [1.165, 1.54) is 11.1 Å². The van der Waals surface area contributed by atoms with Crippen molar-refractivity contribution in [3.05, 3.63) is 59.7 Å². The van der Waals surface area contributed by atoms with Gasteiger partial charge in [-0.2, -0.15) is 0 Å². The van der Waals surface area contributed by atoms with Crippen LogP contribution in [0, 0.1) is 5.92 Å². The summed E-state index contributed by atoms with van der Waals surface area (Å²) in [6.07, 6.45) is 1.04. The fraction of sp³-hybridized carbons (Fsp3) is 0.333. The lowest BCUT2D eigenvalue weighted by molar-refractivity contribution is 0.188. The largest absolute Gasteiger partial charge is 0.497 e. The van der Waals surface area contributed by atoms with Gasteiger partial charge in [-0.25, -0.2) is 0 Å². The maximum atomic E-state index is 5.92. The Balaban J connectivity index is 1.80. The maximum absolute atomic E-state index is 5.92. The van der Waals surface area contributed by atoms with Crippen molar-refractivity contribution in [3.63, 3.8) is 0 Å². The molecule has 1 aliphatic rings. The minimum Gasteiger partial charge on any atom is -0.497 e. The molecule has 0 radical (unpaired) electrons. The van der Waals surface area contributed by atoms with Crippen molar-refractivity contribution >= 4 is 0 Å². The average molecular weight is 283 g/mol. The molecule has 1 aliphatic heterocycles. The summed E-state index contributed by atoms with van der Waals surface area (Å²) in [5, 5.41) is 3.44. The van der Waals surface area contributed by atoms with Gasteiger partial charge < -0.3 is 14.8 Å². The van der Waals surface area contributed by atoms with E-state index in [-0.39, 0.29) is 6.04 Å². The highest BCUT2D eigenvalue weighted by molar-refractivity contribution is 5.36. The summed E-state index contributed by atoms with van der Waals surface area (Å²) in [7, 11) is 3.70. The second-order valence-corrected chi connectivity index (χ2v) is 5.42. The molecule has 0 aliphatic carbocycles. The molecule has 2 unspecified atom stereocenters. The molecule has 0 saturated heterocycles. The molecule has 1 N–H and O–H groups in total. The van der Waals surface area contributed by atoms with Gasteiger partial charge in [0.25, 0.3) is 0 Å². The van der Waals surface area contributed by atoms with Gasteiger partial charge in [0.15, 0.2) is 0 Å². The van der Waals surface area contributed by atoms with Crippen LogP contribution in [0.25, 0.3) is 0 Å². The van der Waals surface area contributed by atoms with Gasteiger partial charge in [0.05, 0.1) is 13.7 Å². The minimum atomic E-state index is 0.282. The fourth-order valence-electron chi connectivity index (χ4n) is 3.05. The van der Waals surface area contributed by atoms with E-state index in [4.69, 9.17) is 9.47 Å². The van der Waals surface area contributed by atoms with Crippen LogP contribution in [0.3, 0.4) is 0 Å². The molecule has 2 aromatic rings. The highest BCUT2D eigenvalue weighted by Gasteiger charge is 2.27. The zero-order chi connectivity index (χ0) is 14.7. The first-order valence-corrected chi connectivity index (χ1v) is 7.33. The molecule has 2 aromatic carbocycles. The molecule has 3 rings (SSSR count). The van der Waals surface area contributed by atoms with Gasteiger partial charge in [-0.3, -0.25) is 0 Å². The van der Waals surface area contributed by atoms with Crippen molar-refractivity contribution in [2.45, 2.75) is 12.5 Å². The number of rotatable bonds is 4. The highest BCUT2D eigenvalue weighted by atomic mass is 16.5. The number of ether oxygens (including phenoxy) is 2. The summed E-state index contributed by atoms with van der Waals surface area (Å²) in [5.74, 6) is 2.34. The molecule has 0 saturated carbocycles. The van der Waals surface area contributed by atoms with Crippen LogP contribution in [0.15, 0.2) is 48.5 Å².